The van der Waals surface area contributed by atoms with Crippen LogP contribution in [0.5, 0.6) is 0 Å². The molecule has 33 heavy (non-hydrogen) atoms. The monoisotopic (exact) mass is 456 g/mol. The van der Waals surface area contributed by atoms with Gasteiger partial charge in [-0.25, -0.2) is 0 Å². The van der Waals surface area contributed by atoms with E-state index in [1.165, 1.54) is 6.42 Å². The van der Waals surface area contributed by atoms with Gasteiger partial charge in [-0.1, -0.05) is 60.1 Å². The highest BCUT2D eigenvalue weighted by Crippen LogP contribution is 2.75. The number of aliphatic hydroxyl groups is 1. The van der Waals surface area contributed by atoms with E-state index in [0.29, 0.717) is 23.7 Å². The third-order valence-corrected chi connectivity index (χ3v) is 13.4. The minimum absolute atomic E-state index is 0.0347. The molecule has 4 saturated carbocycles. The highest BCUT2D eigenvalue weighted by molar-refractivity contribution is 5.76. The Balaban J connectivity index is 1.61. The van der Waals surface area contributed by atoms with Crippen molar-refractivity contribution >= 4 is 5.97 Å². The second-order valence-corrected chi connectivity index (χ2v) is 14.5. The zero-order chi connectivity index (χ0) is 24.2. The topological polar surface area (TPSA) is 57.5 Å². The molecule has 0 aromatic carbocycles. The summed E-state index contributed by atoms with van der Waals surface area (Å²) in [6.07, 6.45) is 11.6. The molecule has 3 nitrogen and oxygen atoms in total. The number of carboxylic acid groups (broad SMARTS) is 1. The van der Waals surface area contributed by atoms with E-state index in [4.69, 9.17) is 0 Å². The number of rotatable bonds is 1. The maximum Gasteiger partial charge on any atom is 0.309 e. The number of aliphatic hydroxyl groups excluding tert-OH is 1. The largest absolute Gasteiger partial charge is 0.481 e. The van der Waals surface area contributed by atoms with E-state index >= 15 is 0 Å². The molecular weight excluding hydrogens is 408 g/mol. The van der Waals surface area contributed by atoms with Gasteiger partial charge in [0.1, 0.15) is 0 Å². The van der Waals surface area contributed by atoms with Crippen LogP contribution in [0.1, 0.15) is 106 Å². The lowest BCUT2D eigenvalue weighted by Gasteiger charge is -2.71. The molecule has 0 saturated heterocycles. The summed E-state index contributed by atoms with van der Waals surface area (Å²) >= 11 is 0. The molecule has 5 rings (SSSR count). The fourth-order valence-electron chi connectivity index (χ4n) is 10.9. The van der Waals surface area contributed by atoms with Gasteiger partial charge in [-0.3, -0.25) is 4.79 Å². The van der Waals surface area contributed by atoms with Crippen LogP contribution in [-0.2, 0) is 4.79 Å². The summed E-state index contributed by atoms with van der Waals surface area (Å²) in [4.78, 5) is 12.9. The molecule has 0 spiro atoms. The van der Waals surface area contributed by atoms with Gasteiger partial charge < -0.3 is 10.2 Å². The van der Waals surface area contributed by atoms with E-state index in [1.54, 1.807) is 5.57 Å². The van der Waals surface area contributed by atoms with Crippen molar-refractivity contribution in [2.75, 3.05) is 0 Å². The van der Waals surface area contributed by atoms with Crippen LogP contribution in [0, 0.1) is 56.7 Å². The van der Waals surface area contributed by atoms with Crippen molar-refractivity contribution in [3.8, 4) is 0 Å². The Hall–Kier alpha value is -0.830. The lowest BCUT2D eigenvalue weighted by Crippen LogP contribution is -2.66. The molecule has 0 bridgehead atoms. The van der Waals surface area contributed by atoms with Gasteiger partial charge >= 0.3 is 5.97 Å². The first-order valence-electron chi connectivity index (χ1n) is 13.9. The molecule has 4 fully saturated rings. The summed E-state index contributed by atoms with van der Waals surface area (Å²) in [6, 6.07) is 0. The van der Waals surface area contributed by atoms with E-state index < -0.39 is 11.4 Å². The Labute approximate surface area is 201 Å². The van der Waals surface area contributed by atoms with Crippen LogP contribution in [0.3, 0.4) is 0 Å². The average molecular weight is 457 g/mol. The SMILES string of the molecule is C[C@H]1[C@H](C)CC[C@]2(C(=O)O)CC[C@]3(C)C4=CC[C@H]5C(C)(C)[C@@H](O)CC[C@]5(C)[C@@H]4CC[C@@]3(C)[C@H]12. The second-order valence-electron chi connectivity index (χ2n) is 14.5. The number of allylic oxidation sites excluding steroid dienone is 2. The highest BCUT2D eigenvalue weighted by Gasteiger charge is 2.70. The predicted molar refractivity (Wildman–Crippen MR) is 133 cm³/mol. The van der Waals surface area contributed by atoms with Gasteiger partial charge in [0.15, 0.2) is 0 Å². The van der Waals surface area contributed by atoms with E-state index in [1.807, 2.05) is 0 Å². The van der Waals surface area contributed by atoms with Gasteiger partial charge in [-0.15, -0.1) is 0 Å². The zero-order valence-electron chi connectivity index (χ0n) is 22.2. The van der Waals surface area contributed by atoms with Crippen LogP contribution in [0.2, 0.25) is 0 Å². The van der Waals surface area contributed by atoms with Crippen molar-refractivity contribution in [2.24, 2.45) is 56.7 Å². The van der Waals surface area contributed by atoms with Crippen LogP contribution in [0.25, 0.3) is 0 Å². The zero-order valence-corrected chi connectivity index (χ0v) is 22.2. The third kappa shape index (κ3) is 2.75. The molecule has 0 heterocycles. The molecule has 0 amide bonds. The number of carbonyl (C=O) groups is 1. The Morgan fingerprint density at radius 1 is 0.939 bits per heavy atom. The predicted octanol–water partition coefficient (Wildman–Crippen LogP) is 7.09. The second kappa shape index (κ2) is 7.11. The standard InChI is InChI=1S/C30H48O3/c1-18-10-15-30(25(32)33)17-16-28(6)21-8-9-22-26(3,4)23(31)12-13-27(22,5)20(21)11-14-29(28,7)24(30)19(18)2/h8,18-20,22-24,31H,9-17H2,1-7H3,(H,32,33)/t18-,19+,20-,22+,23+,24+,27-,28-,29+,30+/m1/s1. The number of aliphatic carboxylic acids is 1. The lowest BCUT2D eigenvalue weighted by atomic mass is 9.33. The van der Waals surface area contributed by atoms with Crippen LogP contribution in [-0.4, -0.2) is 22.3 Å². The fraction of sp³-hybridized carbons (Fsp3) is 0.900. The smallest absolute Gasteiger partial charge is 0.309 e. The van der Waals surface area contributed by atoms with Gasteiger partial charge in [-0.2, -0.15) is 0 Å². The Morgan fingerprint density at radius 2 is 1.64 bits per heavy atom. The molecule has 0 aromatic heterocycles. The Bertz CT molecular complexity index is 874. The number of hydrogen-bond donors (Lipinski definition) is 2. The molecule has 186 valence electrons. The summed E-state index contributed by atoms with van der Waals surface area (Å²) in [5.41, 5.74) is 1.45. The van der Waals surface area contributed by atoms with Gasteiger partial charge in [0.2, 0.25) is 0 Å². The lowest BCUT2D eigenvalue weighted by molar-refractivity contribution is -0.206. The van der Waals surface area contributed by atoms with Gasteiger partial charge in [0.05, 0.1) is 11.5 Å². The molecule has 0 unspecified atom stereocenters. The molecular formula is C30H48O3. The molecule has 5 aliphatic rings. The van der Waals surface area contributed by atoms with E-state index in [0.717, 1.165) is 51.4 Å². The maximum atomic E-state index is 12.9. The van der Waals surface area contributed by atoms with Crippen LogP contribution in [0.4, 0.5) is 0 Å². The average Bonchev–Trinajstić information content (AvgIpc) is 2.74. The van der Waals surface area contributed by atoms with Crippen LogP contribution in [0.15, 0.2) is 11.6 Å². The number of fused-ring (bicyclic) bond motifs is 7. The first-order valence-corrected chi connectivity index (χ1v) is 13.9. The third-order valence-electron chi connectivity index (χ3n) is 13.4. The van der Waals surface area contributed by atoms with Crippen LogP contribution >= 0.6 is 0 Å². The molecule has 0 aliphatic heterocycles. The van der Waals surface area contributed by atoms with Crippen molar-refractivity contribution in [3.63, 3.8) is 0 Å². The minimum atomic E-state index is -0.536. The molecule has 0 radical (unpaired) electrons. The van der Waals surface area contributed by atoms with Crippen molar-refractivity contribution in [2.45, 2.75) is 112 Å². The molecule has 3 heteroatoms. The van der Waals surface area contributed by atoms with Gasteiger partial charge in [-0.05, 0) is 109 Å². The summed E-state index contributed by atoms with van der Waals surface area (Å²) in [5.74, 6) is 1.88. The molecule has 2 N–H and O–H groups in total. The molecule has 0 aromatic rings. The fourth-order valence-corrected chi connectivity index (χ4v) is 10.9. The van der Waals surface area contributed by atoms with E-state index in [-0.39, 0.29) is 33.7 Å². The summed E-state index contributed by atoms with van der Waals surface area (Å²) in [7, 11) is 0. The van der Waals surface area contributed by atoms with Crippen molar-refractivity contribution in [1.29, 1.82) is 0 Å². The Morgan fingerprint density at radius 3 is 2.30 bits per heavy atom. The van der Waals surface area contributed by atoms with Crippen molar-refractivity contribution < 1.29 is 15.0 Å². The summed E-state index contributed by atoms with van der Waals surface area (Å²) in [5, 5.41) is 21.4. The van der Waals surface area contributed by atoms with E-state index in [2.05, 4.69) is 54.5 Å². The summed E-state index contributed by atoms with van der Waals surface area (Å²) in [6.45, 7) is 16.9. The van der Waals surface area contributed by atoms with Crippen LogP contribution < -0.4 is 0 Å². The number of carboxylic acids is 1. The highest BCUT2D eigenvalue weighted by atomic mass is 16.4. The van der Waals surface area contributed by atoms with Crippen molar-refractivity contribution in [1.82, 2.24) is 0 Å². The van der Waals surface area contributed by atoms with Crippen molar-refractivity contribution in [3.05, 3.63) is 11.6 Å². The Kier molecular flexibility index (Phi) is 5.15. The normalized spacial score (nSPS) is 55.3. The van der Waals surface area contributed by atoms with E-state index in [9.17, 15) is 15.0 Å². The molecule has 5 aliphatic carbocycles. The number of hydrogen-bond acceptors (Lipinski definition) is 2. The summed E-state index contributed by atoms with van der Waals surface area (Å²) < 4.78 is 0. The molecule has 10 atom stereocenters. The maximum absolute atomic E-state index is 12.9. The first-order chi connectivity index (χ1) is 15.3. The van der Waals surface area contributed by atoms with Gasteiger partial charge in [0.25, 0.3) is 0 Å². The van der Waals surface area contributed by atoms with Gasteiger partial charge in [0, 0.05) is 0 Å². The quantitative estimate of drug-likeness (QED) is 0.414. The first kappa shape index (κ1) is 23.9. The minimum Gasteiger partial charge on any atom is -0.481 e.